The van der Waals surface area contributed by atoms with Gasteiger partial charge in [-0.2, -0.15) is 4.68 Å². The zero-order chi connectivity index (χ0) is 15.4. The summed E-state index contributed by atoms with van der Waals surface area (Å²) < 4.78 is 6.92. The summed E-state index contributed by atoms with van der Waals surface area (Å²) in [5.74, 6) is 0.572. The predicted octanol–water partition coefficient (Wildman–Crippen LogP) is 3.30. The van der Waals surface area contributed by atoms with Crippen molar-refractivity contribution >= 4 is 16.9 Å². The maximum Gasteiger partial charge on any atom is 0.280 e. The lowest BCUT2D eigenvalue weighted by molar-refractivity contribution is 0.0948. The van der Waals surface area contributed by atoms with Crippen molar-refractivity contribution in [1.82, 2.24) is 15.0 Å². The molecule has 3 aromatic rings. The Labute approximate surface area is 128 Å². The number of hydrogen-bond acceptors (Lipinski definition) is 4. The van der Waals surface area contributed by atoms with Crippen LogP contribution in [0.1, 0.15) is 30.1 Å². The van der Waals surface area contributed by atoms with E-state index in [1.165, 1.54) is 4.68 Å². The van der Waals surface area contributed by atoms with Crippen LogP contribution in [0.3, 0.4) is 0 Å². The Hall–Kier alpha value is -2.69. The molecular formula is C17H17N3O2. The summed E-state index contributed by atoms with van der Waals surface area (Å²) in [5.41, 5.74) is 1.96. The molecular weight excluding hydrogens is 278 g/mol. The van der Waals surface area contributed by atoms with Crippen molar-refractivity contribution in [3.8, 4) is 5.75 Å². The average molecular weight is 295 g/mol. The van der Waals surface area contributed by atoms with Crippen LogP contribution in [0.2, 0.25) is 0 Å². The molecule has 1 heterocycles. The van der Waals surface area contributed by atoms with Crippen LogP contribution in [0.15, 0.2) is 48.5 Å². The van der Waals surface area contributed by atoms with Crippen LogP contribution < -0.4 is 4.74 Å². The van der Waals surface area contributed by atoms with Crippen LogP contribution >= 0.6 is 0 Å². The van der Waals surface area contributed by atoms with Gasteiger partial charge in [0, 0.05) is 5.56 Å². The SMILES string of the molecule is CCCCOc1ccc(C(=O)n2nnc3ccccc32)cc1. The molecule has 0 saturated heterocycles. The molecule has 5 heteroatoms. The number of unbranched alkanes of at least 4 members (excludes halogenated alkanes) is 1. The standard InChI is InChI=1S/C17H17N3O2/c1-2-3-12-22-14-10-8-13(9-11-14)17(21)20-16-7-5-4-6-15(16)18-19-20/h4-11H,2-3,12H2,1H3. The molecule has 0 bridgehead atoms. The molecule has 0 atom stereocenters. The number of para-hydroxylation sites is 1. The van der Waals surface area contributed by atoms with Crippen LogP contribution in [0.4, 0.5) is 0 Å². The second-order valence-corrected chi connectivity index (χ2v) is 5.02. The first-order chi connectivity index (χ1) is 10.8. The Morgan fingerprint density at radius 2 is 1.91 bits per heavy atom. The number of fused-ring (bicyclic) bond motifs is 1. The van der Waals surface area contributed by atoms with Gasteiger partial charge in [0.25, 0.3) is 5.91 Å². The molecule has 1 aromatic heterocycles. The lowest BCUT2D eigenvalue weighted by atomic mass is 10.2. The molecule has 0 unspecified atom stereocenters. The Balaban J connectivity index is 1.80. The van der Waals surface area contributed by atoms with Crippen molar-refractivity contribution in [1.29, 1.82) is 0 Å². The van der Waals surface area contributed by atoms with Crippen LogP contribution in [0.25, 0.3) is 11.0 Å². The summed E-state index contributed by atoms with van der Waals surface area (Å²) in [5, 5.41) is 7.94. The zero-order valence-corrected chi connectivity index (χ0v) is 12.4. The van der Waals surface area contributed by atoms with Crippen LogP contribution in [-0.2, 0) is 0 Å². The number of nitrogens with zero attached hydrogens (tertiary/aromatic N) is 3. The third-order valence-electron chi connectivity index (χ3n) is 3.41. The minimum atomic E-state index is -0.200. The third kappa shape index (κ3) is 2.83. The van der Waals surface area contributed by atoms with E-state index in [0.29, 0.717) is 23.2 Å². The molecule has 2 aromatic carbocycles. The van der Waals surface area contributed by atoms with Crippen molar-refractivity contribution in [2.45, 2.75) is 19.8 Å². The molecule has 0 amide bonds. The zero-order valence-electron chi connectivity index (χ0n) is 12.4. The summed E-state index contributed by atoms with van der Waals surface area (Å²) in [6.45, 7) is 2.81. The van der Waals surface area contributed by atoms with Crippen molar-refractivity contribution in [2.24, 2.45) is 0 Å². The van der Waals surface area contributed by atoms with Gasteiger partial charge in [-0.1, -0.05) is 30.7 Å². The highest BCUT2D eigenvalue weighted by Crippen LogP contribution is 2.16. The number of benzene rings is 2. The minimum Gasteiger partial charge on any atom is -0.494 e. The largest absolute Gasteiger partial charge is 0.494 e. The Morgan fingerprint density at radius 1 is 1.14 bits per heavy atom. The second-order valence-electron chi connectivity index (χ2n) is 5.02. The maximum absolute atomic E-state index is 12.5. The van der Waals surface area contributed by atoms with Gasteiger partial charge in [0.05, 0.1) is 12.1 Å². The summed E-state index contributed by atoms with van der Waals surface area (Å²) in [7, 11) is 0. The first-order valence-electron chi connectivity index (χ1n) is 7.37. The van der Waals surface area contributed by atoms with Gasteiger partial charge >= 0.3 is 0 Å². The first kappa shape index (κ1) is 14.3. The Morgan fingerprint density at radius 3 is 2.68 bits per heavy atom. The summed E-state index contributed by atoms with van der Waals surface area (Å²) >= 11 is 0. The minimum absolute atomic E-state index is 0.200. The molecule has 0 spiro atoms. The van der Waals surface area contributed by atoms with E-state index in [2.05, 4.69) is 17.2 Å². The number of rotatable bonds is 5. The molecule has 0 aliphatic carbocycles. The van der Waals surface area contributed by atoms with Crippen molar-refractivity contribution in [2.75, 3.05) is 6.61 Å². The normalized spacial score (nSPS) is 10.8. The second kappa shape index (κ2) is 6.39. The maximum atomic E-state index is 12.5. The first-order valence-corrected chi connectivity index (χ1v) is 7.37. The number of ether oxygens (including phenoxy) is 1. The lowest BCUT2D eigenvalue weighted by Crippen LogP contribution is -2.13. The molecule has 0 aliphatic heterocycles. The van der Waals surface area contributed by atoms with E-state index in [1.807, 2.05) is 36.4 Å². The smallest absolute Gasteiger partial charge is 0.280 e. The molecule has 0 saturated carbocycles. The Kier molecular flexibility index (Phi) is 4.14. The molecule has 0 N–H and O–H groups in total. The molecule has 5 nitrogen and oxygen atoms in total. The van der Waals surface area contributed by atoms with Crippen LogP contribution in [0.5, 0.6) is 5.75 Å². The lowest BCUT2D eigenvalue weighted by Gasteiger charge is -2.06. The number of carbonyl (C=O) groups is 1. The molecule has 3 rings (SSSR count). The van der Waals surface area contributed by atoms with Gasteiger partial charge in [-0.25, -0.2) is 0 Å². The van der Waals surface area contributed by atoms with Gasteiger partial charge in [-0.3, -0.25) is 4.79 Å². The van der Waals surface area contributed by atoms with E-state index >= 15 is 0 Å². The number of carbonyl (C=O) groups excluding carboxylic acids is 1. The van der Waals surface area contributed by atoms with Gasteiger partial charge in [0.2, 0.25) is 0 Å². The van der Waals surface area contributed by atoms with Gasteiger partial charge in [-0.15, -0.1) is 5.10 Å². The van der Waals surface area contributed by atoms with E-state index < -0.39 is 0 Å². The van der Waals surface area contributed by atoms with Crippen molar-refractivity contribution in [3.63, 3.8) is 0 Å². The van der Waals surface area contributed by atoms with E-state index in [9.17, 15) is 4.79 Å². The summed E-state index contributed by atoms with van der Waals surface area (Å²) in [4.78, 5) is 12.5. The topological polar surface area (TPSA) is 57.0 Å². The summed E-state index contributed by atoms with van der Waals surface area (Å²) in [6.07, 6.45) is 2.11. The van der Waals surface area contributed by atoms with E-state index in [4.69, 9.17) is 4.74 Å². The fourth-order valence-electron chi connectivity index (χ4n) is 2.17. The highest BCUT2D eigenvalue weighted by molar-refractivity contribution is 6.00. The number of hydrogen-bond donors (Lipinski definition) is 0. The fraction of sp³-hybridized carbons (Fsp3) is 0.235. The predicted molar refractivity (Wildman–Crippen MR) is 84.1 cm³/mol. The van der Waals surface area contributed by atoms with E-state index in [-0.39, 0.29) is 5.91 Å². The van der Waals surface area contributed by atoms with Gasteiger partial charge in [0.15, 0.2) is 0 Å². The Bertz CT molecular complexity index is 778. The molecule has 112 valence electrons. The third-order valence-corrected chi connectivity index (χ3v) is 3.41. The van der Waals surface area contributed by atoms with Crippen molar-refractivity contribution < 1.29 is 9.53 Å². The molecule has 22 heavy (non-hydrogen) atoms. The van der Waals surface area contributed by atoms with Gasteiger partial charge in [0.1, 0.15) is 11.3 Å². The quantitative estimate of drug-likeness (QED) is 0.678. The van der Waals surface area contributed by atoms with Gasteiger partial charge < -0.3 is 4.74 Å². The highest BCUT2D eigenvalue weighted by atomic mass is 16.5. The van der Waals surface area contributed by atoms with Crippen LogP contribution in [0, 0.1) is 0 Å². The fourth-order valence-corrected chi connectivity index (χ4v) is 2.17. The van der Waals surface area contributed by atoms with Gasteiger partial charge in [-0.05, 0) is 42.8 Å². The monoisotopic (exact) mass is 295 g/mol. The molecule has 0 radical (unpaired) electrons. The highest BCUT2D eigenvalue weighted by Gasteiger charge is 2.13. The van der Waals surface area contributed by atoms with Crippen LogP contribution in [-0.4, -0.2) is 27.5 Å². The molecule has 0 aliphatic rings. The average Bonchev–Trinajstić information content (AvgIpc) is 2.99. The van der Waals surface area contributed by atoms with E-state index in [0.717, 1.165) is 18.6 Å². The van der Waals surface area contributed by atoms with Crippen molar-refractivity contribution in [3.05, 3.63) is 54.1 Å². The number of aromatic nitrogens is 3. The van der Waals surface area contributed by atoms with E-state index in [1.54, 1.807) is 12.1 Å². The molecule has 0 fully saturated rings. The summed E-state index contributed by atoms with van der Waals surface area (Å²) in [6, 6.07) is 14.5.